The highest BCUT2D eigenvalue weighted by Gasteiger charge is 2.34. The Balaban J connectivity index is 3.16. The van der Waals surface area contributed by atoms with Gasteiger partial charge in [0.15, 0.2) is 0 Å². The van der Waals surface area contributed by atoms with Crippen molar-refractivity contribution in [2.45, 2.75) is 19.0 Å². The summed E-state index contributed by atoms with van der Waals surface area (Å²) >= 11 is 3.16. The van der Waals surface area contributed by atoms with Gasteiger partial charge >= 0.3 is 6.18 Å². The van der Waals surface area contributed by atoms with Crippen molar-refractivity contribution in [1.82, 2.24) is 4.98 Å². The van der Waals surface area contributed by atoms with Crippen molar-refractivity contribution in [3.8, 4) is 0 Å². The summed E-state index contributed by atoms with van der Waals surface area (Å²) in [5.41, 5.74) is -0.365. The number of hydrogen-bond acceptors (Lipinski definition) is 1. The van der Waals surface area contributed by atoms with Crippen LogP contribution in [0.2, 0.25) is 0 Å². The first kappa shape index (κ1) is 11.5. The number of pyridine rings is 1. The van der Waals surface area contributed by atoms with Crippen LogP contribution in [0.25, 0.3) is 0 Å². The molecule has 1 rings (SSSR count). The van der Waals surface area contributed by atoms with Crippen LogP contribution >= 0.6 is 15.9 Å². The van der Waals surface area contributed by atoms with Crippen molar-refractivity contribution in [3.63, 3.8) is 0 Å². The second-order valence-corrected chi connectivity index (χ2v) is 3.66. The van der Waals surface area contributed by atoms with Gasteiger partial charge in [-0.2, -0.15) is 13.2 Å². The van der Waals surface area contributed by atoms with Gasteiger partial charge in [0.25, 0.3) is 0 Å². The number of halogens is 4. The van der Waals surface area contributed by atoms with Gasteiger partial charge in [0.2, 0.25) is 0 Å². The molecule has 0 amide bonds. The summed E-state index contributed by atoms with van der Waals surface area (Å²) in [5.74, 6) is -0.172. The Morgan fingerprint density at radius 1 is 1.50 bits per heavy atom. The lowest BCUT2D eigenvalue weighted by Crippen LogP contribution is -2.11. The fourth-order valence-corrected chi connectivity index (χ4v) is 1.50. The van der Waals surface area contributed by atoms with Crippen molar-refractivity contribution >= 4 is 15.9 Å². The molecule has 78 valence electrons. The highest BCUT2D eigenvalue weighted by molar-refractivity contribution is 9.09. The van der Waals surface area contributed by atoms with E-state index in [1.54, 1.807) is 6.92 Å². The summed E-state index contributed by atoms with van der Waals surface area (Å²) in [6.45, 7) is 1.74. The molecule has 0 spiro atoms. The van der Waals surface area contributed by atoms with Gasteiger partial charge in [-0.05, 0) is 17.5 Å². The van der Waals surface area contributed by atoms with E-state index in [1.807, 2.05) is 0 Å². The fraction of sp³-hybridized carbons (Fsp3) is 0.444. The third-order valence-electron chi connectivity index (χ3n) is 1.92. The average molecular weight is 268 g/mol. The van der Waals surface area contributed by atoms with E-state index in [9.17, 15) is 13.2 Å². The van der Waals surface area contributed by atoms with Gasteiger partial charge in [0.05, 0.1) is 5.56 Å². The van der Waals surface area contributed by atoms with Crippen molar-refractivity contribution in [3.05, 3.63) is 29.6 Å². The van der Waals surface area contributed by atoms with E-state index in [0.29, 0.717) is 5.33 Å². The first-order valence-electron chi connectivity index (χ1n) is 4.04. The first-order valence-corrected chi connectivity index (χ1v) is 5.16. The van der Waals surface area contributed by atoms with Crippen LogP contribution in [-0.2, 0) is 6.18 Å². The van der Waals surface area contributed by atoms with Crippen molar-refractivity contribution in [2.75, 3.05) is 5.33 Å². The topological polar surface area (TPSA) is 12.9 Å². The summed E-state index contributed by atoms with van der Waals surface area (Å²) < 4.78 is 37.5. The molecular weight excluding hydrogens is 259 g/mol. The lowest BCUT2D eigenvalue weighted by molar-refractivity contribution is -0.138. The van der Waals surface area contributed by atoms with Gasteiger partial charge in [-0.15, -0.1) is 0 Å². The van der Waals surface area contributed by atoms with Crippen LogP contribution in [0.3, 0.4) is 0 Å². The highest BCUT2D eigenvalue weighted by atomic mass is 79.9. The molecule has 14 heavy (non-hydrogen) atoms. The molecule has 0 aliphatic carbocycles. The fourth-order valence-electron chi connectivity index (χ4n) is 1.15. The van der Waals surface area contributed by atoms with Crippen LogP contribution < -0.4 is 0 Å². The molecule has 1 atom stereocenters. The Morgan fingerprint density at radius 3 is 2.64 bits per heavy atom. The summed E-state index contributed by atoms with van der Waals surface area (Å²) in [6, 6.07) is 1.41. The molecule has 0 radical (unpaired) electrons. The molecule has 5 heteroatoms. The lowest BCUT2D eigenvalue weighted by atomic mass is 9.99. The van der Waals surface area contributed by atoms with Crippen molar-refractivity contribution < 1.29 is 13.2 Å². The summed E-state index contributed by atoms with van der Waals surface area (Å²) in [5, 5.41) is 0.500. The van der Waals surface area contributed by atoms with Crippen LogP contribution in [0.5, 0.6) is 0 Å². The Hall–Kier alpha value is -0.580. The maximum atomic E-state index is 12.5. The molecule has 0 aliphatic heterocycles. The molecule has 1 aromatic rings. The molecule has 0 saturated heterocycles. The molecule has 0 N–H and O–H groups in total. The van der Waals surface area contributed by atoms with Gasteiger partial charge in [-0.25, -0.2) is 0 Å². The Labute approximate surface area is 88.5 Å². The maximum Gasteiger partial charge on any atom is 0.418 e. The SMILES string of the molecule is CC(CBr)c1ccncc1C(F)(F)F. The zero-order valence-corrected chi connectivity index (χ0v) is 9.06. The molecular formula is C9H9BrF3N. The van der Waals surface area contributed by atoms with E-state index in [0.717, 1.165) is 6.20 Å². The minimum Gasteiger partial charge on any atom is -0.264 e. The van der Waals surface area contributed by atoms with Gasteiger partial charge in [0.1, 0.15) is 0 Å². The Morgan fingerprint density at radius 2 is 2.14 bits per heavy atom. The van der Waals surface area contributed by atoms with E-state index in [2.05, 4.69) is 20.9 Å². The minimum atomic E-state index is -4.32. The molecule has 1 nitrogen and oxygen atoms in total. The van der Waals surface area contributed by atoms with Crippen LogP contribution in [0.15, 0.2) is 18.5 Å². The van der Waals surface area contributed by atoms with Crippen LogP contribution in [-0.4, -0.2) is 10.3 Å². The molecule has 0 saturated carbocycles. The molecule has 0 aliphatic rings. The van der Waals surface area contributed by atoms with E-state index >= 15 is 0 Å². The van der Waals surface area contributed by atoms with Gasteiger partial charge in [-0.1, -0.05) is 22.9 Å². The second-order valence-electron chi connectivity index (χ2n) is 3.02. The number of aromatic nitrogens is 1. The summed E-state index contributed by atoms with van der Waals surface area (Å²) in [6.07, 6.45) is -2.07. The zero-order chi connectivity index (χ0) is 10.8. The predicted octanol–water partition coefficient (Wildman–Crippen LogP) is 3.60. The number of alkyl halides is 4. The second kappa shape index (κ2) is 4.29. The maximum absolute atomic E-state index is 12.5. The lowest BCUT2D eigenvalue weighted by Gasteiger charge is -2.15. The molecule has 1 unspecified atom stereocenters. The van der Waals surface area contributed by atoms with Crippen molar-refractivity contribution in [2.24, 2.45) is 0 Å². The third kappa shape index (κ3) is 2.47. The Bertz CT molecular complexity index is 311. The molecule has 0 aromatic carbocycles. The van der Waals surface area contributed by atoms with Gasteiger partial charge in [0, 0.05) is 17.7 Å². The van der Waals surface area contributed by atoms with Crippen LogP contribution in [0, 0.1) is 0 Å². The molecule has 1 aromatic heterocycles. The largest absolute Gasteiger partial charge is 0.418 e. The van der Waals surface area contributed by atoms with E-state index in [-0.39, 0.29) is 11.5 Å². The van der Waals surface area contributed by atoms with Gasteiger partial charge < -0.3 is 0 Å². The summed E-state index contributed by atoms with van der Waals surface area (Å²) in [4.78, 5) is 3.49. The minimum absolute atomic E-state index is 0.172. The first-order chi connectivity index (χ1) is 6.46. The summed E-state index contributed by atoms with van der Waals surface area (Å²) in [7, 11) is 0. The van der Waals surface area contributed by atoms with E-state index < -0.39 is 11.7 Å². The quantitative estimate of drug-likeness (QED) is 0.747. The number of hydrogen-bond donors (Lipinski definition) is 0. The predicted molar refractivity (Wildman–Crippen MR) is 51.4 cm³/mol. The standard InChI is InChI=1S/C9H9BrF3N/c1-6(4-10)7-2-3-14-5-8(7)9(11,12)13/h2-3,5-6H,4H2,1H3. The normalized spacial score (nSPS) is 14.1. The van der Waals surface area contributed by atoms with Gasteiger partial charge in [-0.3, -0.25) is 4.98 Å². The zero-order valence-electron chi connectivity index (χ0n) is 7.48. The number of rotatable bonds is 2. The molecule has 0 bridgehead atoms. The monoisotopic (exact) mass is 267 g/mol. The van der Waals surface area contributed by atoms with E-state index in [4.69, 9.17) is 0 Å². The van der Waals surface area contributed by atoms with Crippen LogP contribution in [0.4, 0.5) is 13.2 Å². The van der Waals surface area contributed by atoms with Crippen LogP contribution in [0.1, 0.15) is 24.0 Å². The molecule has 1 heterocycles. The third-order valence-corrected chi connectivity index (χ3v) is 2.89. The number of nitrogens with zero attached hydrogens (tertiary/aromatic N) is 1. The smallest absolute Gasteiger partial charge is 0.264 e. The average Bonchev–Trinajstić information content (AvgIpc) is 2.15. The highest BCUT2D eigenvalue weighted by Crippen LogP contribution is 2.34. The Kier molecular flexibility index (Phi) is 3.53. The van der Waals surface area contributed by atoms with E-state index in [1.165, 1.54) is 12.3 Å². The van der Waals surface area contributed by atoms with Crippen molar-refractivity contribution in [1.29, 1.82) is 0 Å². The molecule has 0 fully saturated rings.